The lowest BCUT2D eigenvalue weighted by Gasteiger charge is -2.36. The molecule has 0 spiro atoms. The van der Waals surface area contributed by atoms with Crippen molar-refractivity contribution in [3.05, 3.63) is 106 Å². The summed E-state index contributed by atoms with van der Waals surface area (Å²) < 4.78 is 2.13. The fraction of sp³-hybridized carbons (Fsp3) is 0.212. The molecule has 1 aromatic heterocycles. The van der Waals surface area contributed by atoms with Crippen LogP contribution in [-0.2, 0) is 16.1 Å². The summed E-state index contributed by atoms with van der Waals surface area (Å²) >= 11 is 0.867. The van der Waals surface area contributed by atoms with E-state index in [9.17, 15) is 19.6 Å². The SMILES string of the molecule is Cc1c(/C=C2/SC(=O)N(CC(=O)N3CCN(c4ccccc4)CC3)C2=O)c2ccccc2n1Cc1ccccc1C#N. The van der Waals surface area contributed by atoms with Gasteiger partial charge < -0.3 is 14.4 Å². The van der Waals surface area contributed by atoms with Crippen molar-refractivity contribution in [2.75, 3.05) is 37.6 Å². The normalized spacial score (nSPS) is 16.5. The van der Waals surface area contributed by atoms with Crippen LogP contribution >= 0.6 is 11.8 Å². The molecule has 0 unspecified atom stereocenters. The monoisotopic (exact) mass is 575 g/mol. The Kier molecular flexibility index (Phi) is 7.55. The lowest BCUT2D eigenvalue weighted by molar-refractivity contribution is -0.136. The highest BCUT2D eigenvalue weighted by atomic mass is 32.2. The molecule has 0 saturated carbocycles. The number of carbonyl (C=O) groups excluding carboxylic acids is 3. The van der Waals surface area contributed by atoms with Crippen LogP contribution in [0.3, 0.4) is 0 Å². The Labute approximate surface area is 248 Å². The average Bonchev–Trinajstić information content (AvgIpc) is 3.44. The van der Waals surface area contributed by atoms with Crippen molar-refractivity contribution in [1.82, 2.24) is 14.4 Å². The van der Waals surface area contributed by atoms with Gasteiger partial charge in [0.2, 0.25) is 5.91 Å². The van der Waals surface area contributed by atoms with Gasteiger partial charge in [-0.25, -0.2) is 0 Å². The van der Waals surface area contributed by atoms with Crippen molar-refractivity contribution < 1.29 is 14.4 Å². The first-order valence-electron chi connectivity index (χ1n) is 13.8. The van der Waals surface area contributed by atoms with E-state index in [1.54, 1.807) is 17.0 Å². The van der Waals surface area contributed by atoms with E-state index in [2.05, 4.69) is 27.7 Å². The molecule has 2 aliphatic heterocycles. The van der Waals surface area contributed by atoms with Crippen LogP contribution in [0, 0.1) is 18.3 Å². The minimum atomic E-state index is -0.452. The molecular formula is C33H29N5O3S. The van der Waals surface area contributed by atoms with Crippen molar-refractivity contribution in [2.45, 2.75) is 13.5 Å². The van der Waals surface area contributed by atoms with Gasteiger partial charge in [-0.1, -0.05) is 54.6 Å². The number of hydrogen-bond donors (Lipinski definition) is 0. The zero-order valence-corrected chi connectivity index (χ0v) is 24.0. The Bertz CT molecular complexity index is 1760. The van der Waals surface area contributed by atoms with Crippen LogP contribution in [0.4, 0.5) is 10.5 Å². The highest BCUT2D eigenvalue weighted by Gasteiger charge is 2.38. The van der Waals surface area contributed by atoms with Gasteiger partial charge in [0.05, 0.1) is 16.5 Å². The Morgan fingerprint density at radius 2 is 1.62 bits per heavy atom. The number of aromatic nitrogens is 1. The number of anilines is 1. The van der Waals surface area contributed by atoms with Gasteiger partial charge in [-0.3, -0.25) is 19.3 Å². The third-order valence-corrected chi connectivity index (χ3v) is 8.85. The second-order valence-corrected chi connectivity index (χ2v) is 11.3. The molecule has 0 radical (unpaired) electrons. The summed E-state index contributed by atoms with van der Waals surface area (Å²) in [5.74, 6) is -0.678. The third kappa shape index (κ3) is 5.17. The highest BCUT2D eigenvalue weighted by molar-refractivity contribution is 8.18. The first kappa shape index (κ1) is 27.4. The number of piperazine rings is 1. The maximum Gasteiger partial charge on any atom is 0.294 e. The number of benzene rings is 3. The molecule has 0 atom stereocenters. The number of amides is 3. The molecule has 3 heterocycles. The third-order valence-electron chi connectivity index (χ3n) is 7.94. The van der Waals surface area contributed by atoms with Crippen LogP contribution < -0.4 is 4.90 Å². The zero-order valence-electron chi connectivity index (χ0n) is 23.2. The van der Waals surface area contributed by atoms with Gasteiger partial charge in [0.1, 0.15) is 6.54 Å². The molecule has 0 aliphatic carbocycles. The van der Waals surface area contributed by atoms with E-state index in [0.717, 1.165) is 50.1 Å². The van der Waals surface area contributed by atoms with E-state index < -0.39 is 11.1 Å². The summed E-state index contributed by atoms with van der Waals surface area (Å²) in [6, 6.07) is 27.7. The Hall–Kier alpha value is -4.81. The lowest BCUT2D eigenvalue weighted by Crippen LogP contribution is -2.51. The van der Waals surface area contributed by atoms with Crippen molar-refractivity contribution in [3.8, 4) is 6.07 Å². The van der Waals surface area contributed by atoms with E-state index in [-0.39, 0.29) is 12.5 Å². The van der Waals surface area contributed by atoms with E-state index in [4.69, 9.17) is 0 Å². The Morgan fingerprint density at radius 3 is 2.38 bits per heavy atom. The second kappa shape index (κ2) is 11.6. The first-order chi connectivity index (χ1) is 20.4. The quantitative estimate of drug-likeness (QED) is 0.292. The van der Waals surface area contributed by atoms with Gasteiger partial charge in [-0.2, -0.15) is 5.26 Å². The molecule has 4 aromatic rings. The summed E-state index contributed by atoms with van der Waals surface area (Å²) in [5.41, 5.74) is 5.36. The van der Waals surface area contributed by atoms with E-state index >= 15 is 0 Å². The molecule has 0 bridgehead atoms. The largest absolute Gasteiger partial charge is 0.368 e. The van der Waals surface area contributed by atoms with Gasteiger partial charge in [0.15, 0.2) is 0 Å². The van der Waals surface area contributed by atoms with Crippen LogP contribution in [0.1, 0.15) is 22.4 Å². The number of hydrogen-bond acceptors (Lipinski definition) is 6. The predicted octanol–water partition coefficient (Wildman–Crippen LogP) is 5.25. The smallest absolute Gasteiger partial charge is 0.294 e. The lowest BCUT2D eigenvalue weighted by atomic mass is 10.1. The molecule has 2 fully saturated rings. The number of nitrogens with zero attached hydrogens (tertiary/aromatic N) is 5. The van der Waals surface area contributed by atoms with Crippen LogP contribution in [0.5, 0.6) is 0 Å². The van der Waals surface area contributed by atoms with Crippen molar-refractivity contribution >= 4 is 51.5 Å². The fourth-order valence-electron chi connectivity index (χ4n) is 5.64. The second-order valence-electron chi connectivity index (χ2n) is 10.3. The number of nitriles is 1. The first-order valence-corrected chi connectivity index (χ1v) is 14.6. The summed E-state index contributed by atoms with van der Waals surface area (Å²) in [4.78, 5) is 44.7. The van der Waals surface area contributed by atoms with Gasteiger partial charge in [-0.05, 0) is 54.6 Å². The summed E-state index contributed by atoms with van der Waals surface area (Å²) in [6.07, 6.45) is 1.76. The molecule has 0 N–H and O–H groups in total. The predicted molar refractivity (Wildman–Crippen MR) is 165 cm³/mol. The summed E-state index contributed by atoms with van der Waals surface area (Å²) in [6.45, 7) is 4.67. The van der Waals surface area contributed by atoms with Gasteiger partial charge in [0, 0.05) is 60.6 Å². The molecule has 210 valence electrons. The molecule has 2 saturated heterocycles. The molecule has 42 heavy (non-hydrogen) atoms. The summed E-state index contributed by atoms with van der Waals surface area (Å²) in [7, 11) is 0. The van der Waals surface area contributed by atoms with Gasteiger partial charge in [-0.15, -0.1) is 0 Å². The topological polar surface area (TPSA) is 89.7 Å². The maximum absolute atomic E-state index is 13.4. The molecule has 2 aliphatic rings. The summed E-state index contributed by atoms with van der Waals surface area (Å²) in [5, 5.41) is 10.1. The number of para-hydroxylation sites is 2. The molecule has 3 amide bonds. The number of thioether (sulfide) groups is 1. The minimum Gasteiger partial charge on any atom is -0.368 e. The Balaban J connectivity index is 1.20. The maximum atomic E-state index is 13.4. The van der Waals surface area contributed by atoms with Crippen molar-refractivity contribution in [3.63, 3.8) is 0 Å². The highest BCUT2D eigenvalue weighted by Crippen LogP contribution is 2.36. The van der Waals surface area contributed by atoms with Crippen molar-refractivity contribution in [2.24, 2.45) is 0 Å². The van der Waals surface area contributed by atoms with Gasteiger partial charge in [0.25, 0.3) is 11.1 Å². The number of imide groups is 1. The van der Waals surface area contributed by atoms with E-state index in [1.807, 2.05) is 67.6 Å². The van der Waals surface area contributed by atoms with Crippen LogP contribution in [0.15, 0.2) is 83.8 Å². The number of carbonyl (C=O) groups is 3. The molecule has 8 nitrogen and oxygen atoms in total. The molecular weight excluding hydrogens is 546 g/mol. The van der Waals surface area contributed by atoms with Crippen LogP contribution in [-0.4, -0.2) is 64.1 Å². The van der Waals surface area contributed by atoms with E-state index in [0.29, 0.717) is 43.2 Å². The minimum absolute atomic E-state index is 0.227. The molecule has 9 heteroatoms. The average molecular weight is 576 g/mol. The fourth-order valence-corrected chi connectivity index (χ4v) is 6.46. The number of fused-ring (bicyclic) bond motifs is 1. The van der Waals surface area contributed by atoms with Gasteiger partial charge >= 0.3 is 0 Å². The van der Waals surface area contributed by atoms with Crippen LogP contribution in [0.25, 0.3) is 17.0 Å². The molecule has 6 rings (SSSR count). The number of rotatable bonds is 6. The standard InChI is InChI=1S/C33H29N5O3S/c1-23-28(27-13-7-8-14-29(27)37(23)21-25-10-6-5-9-24(25)20-34)19-30-32(40)38(33(41)42-30)22-31(39)36-17-15-35(16-18-36)26-11-3-2-4-12-26/h2-14,19H,15-18,21-22H2,1H3/b30-19+. The zero-order chi connectivity index (χ0) is 29.2. The van der Waals surface area contributed by atoms with Crippen LogP contribution in [0.2, 0.25) is 0 Å². The van der Waals surface area contributed by atoms with Crippen molar-refractivity contribution in [1.29, 1.82) is 5.26 Å². The Morgan fingerprint density at radius 1 is 0.929 bits per heavy atom. The van der Waals surface area contributed by atoms with E-state index in [1.165, 1.54) is 0 Å². The molecule has 3 aromatic carbocycles.